The van der Waals surface area contributed by atoms with Gasteiger partial charge >= 0.3 is 0 Å². The van der Waals surface area contributed by atoms with Gasteiger partial charge in [0.15, 0.2) is 14.1 Å². The van der Waals surface area contributed by atoms with Gasteiger partial charge in [-0.3, -0.25) is 4.79 Å². The van der Waals surface area contributed by atoms with E-state index in [0.717, 1.165) is 19.3 Å². The molecule has 0 aromatic rings. The van der Waals surface area contributed by atoms with E-state index < -0.39 is 19.3 Å². The van der Waals surface area contributed by atoms with Gasteiger partial charge in [0.2, 0.25) is 0 Å². The van der Waals surface area contributed by atoms with E-state index in [9.17, 15) is 9.90 Å². The molecule has 0 unspecified atom stereocenters. The number of carbonyl (C=O) groups is 1. The van der Waals surface area contributed by atoms with Crippen LogP contribution in [0.2, 0.25) is 18.1 Å². The topological polar surface area (TPSA) is 46.5 Å². The number of Topliss-reactive ketones (excluding diaryl/α,β-unsaturated/α-hetero) is 1. The molecule has 4 heteroatoms. The first-order chi connectivity index (χ1) is 12.7. The van der Waals surface area contributed by atoms with Crippen LogP contribution in [0.15, 0.2) is 22.8 Å². The molecule has 158 valence electrons. The fourth-order valence-corrected chi connectivity index (χ4v) is 6.42. The Kier molecular flexibility index (Phi) is 5.43. The van der Waals surface area contributed by atoms with Crippen molar-refractivity contribution in [1.29, 1.82) is 0 Å². The van der Waals surface area contributed by atoms with Crippen molar-refractivity contribution in [3.8, 4) is 0 Å². The average Bonchev–Trinajstić information content (AvgIpc) is 2.68. The summed E-state index contributed by atoms with van der Waals surface area (Å²) in [5.41, 5.74) is 1.63. The van der Waals surface area contributed by atoms with Gasteiger partial charge in [0.25, 0.3) is 0 Å². The molecule has 0 fully saturated rings. The summed E-state index contributed by atoms with van der Waals surface area (Å²) in [6.07, 6.45) is 7.91. The van der Waals surface area contributed by atoms with Crippen LogP contribution >= 0.6 is 0 Å². The summed E-state index contributed by atoms with van der Waals surface area (Å²) in [5.74, 6) is 0.0155. The Bertz CT molecular complexity index is 723. The monoisotopic (exact) mass is 404 g/mol. The summed E-state index contributed by atoms with van der Waals surface area (Å²) in [7, 11) is -2.02. The molecule has 3 aliphatic carbocycles. The summed E-state index contributed by atoms with van der Waals surface area (Å²) in [4.78, 5) is 13.4. The van der Waals surface area contributed by atoms with Crippen molar-refractivity contribution in [3.63, 3.8) is 0 Å². The van der Waals surface area contributed by atoms with Crippen molar-refractivity contribution < 1.29 is 14.3 Å². The van der Waals surface area contributed by atoms with E-state index in [2.05, 4.69) is 47.7 Å². The van der Waals surface area contributed by atoms with Gasteiger partial charge in [0, 0.05) is 11.8 Å². The quantitative estimate of drug-likeness (QED) is 0.457. The second-order valence-electron chi connectivity index (χ2n) is 11.5. The maximum absolute atomic E-state index is 13.4. The van der Waals surface area contributed by atoms with Crippen molar-refractivity contribution in [1.82, 2.24) is 0 Å². The Morgan fingerprint density at radius 1 is 1.14 bits per heavy atom. The molecule has 3 nitrogen and oxygen atoms in total. The molecule has 3 atom stereocenters. The largest absolute Gasteiger partial charge is 0.410 e. The molecule has 3 rings (SSSR count). The lowest BCUT2D eigenvalue weighted by molar-refractivity contribution is -0.154. The van der Waals surface area contributed by atoms with Gasteiger partial charge in [-0.2, -0.15) is 0 Å². The standard InChI is InChI=1S/C24H40O3Si/c1-16-13-20(27-28(7,8)22(2,3)4)19-14-17-11-9-10-12-18(17)15-24(26,21(16)25)23(19,5)6/h13,19-20,26H,9-12,14-15H2,1-8H3/t19-,20-,24-/m1/s1. The van der Waals surface area contributed by atoms with Gasteiger partial charge < -0.3 is 9.53 Å². The van der Waals surface area contributed by atoms with Gasteiger partial charge in [0.1, 0.15) is 5.60 Å². The molecular formula is C24H40O3Si. The number of fused-ring (bicyclic) bond motifs is 2. The number of ketones is 1. The molecule has 0 radical (unpaired) electrons. The van der Waals surface area contributed by atoms with Crippen LogP contribution in [-0.4, -0.2) is 30.9 Å². The molecule has 0 aromatic carbocycles. The Hall–Kier alpha value is -0.713. The molecule has 0 heterocycles. The van der Waals surface area contributed by atoms with Gasteiger partial charge in [-0.25, -0.2) is 0 Å². The molecule has 0 aliphatic heterocycles. The number of hydrogen-bond acceptors (Lipinski definition) is 3. The van der Waals surface area contributed by atoms with Crippen LogP contribution in [-0.2, 0) is 9.22 Å². The lowest BCUT2D eigenvalue weighted by Gasteiger charge is -2.48. The highest BCUT2D eigenvalue weighted by molar-refractivity contribution is 6.74. The third-order valence-electron chi connectivity index (χ3n) is 8.42. The Balaban J connectivity index is 2.12. The highest BCUT2D eigenvalue weighted by atomic mass is 28.4. The molecular weight excluding hydrogens is 364 g/mol. The number of hydrogen-bond donors (Lipinski definition) is 1. The van der Waals surface area contributed by atoms with Crippen LogP contribution in [0.5, 0.6) is 0 Å². The Morgan fingerprint density at radius 2 is 1.71 bits per heavy atom. The number of carbonyl (C=O) groups excluding carboxylic acids is 1. The third kappa shape index (κ3) is 3.39. The molecule has 0 spiro atoms. The van der Waals surface area contributed by atoms with Gasteiger partial charge in [0.05, 0.1) is 6.10 Å². The Morgan fingerprint density at radius 3 is 2.29 bits per heavy atom. The average molecular weight is 405 g/mol. The zero-order chi connectivity index (χ0) is 21.1. The predicted molar refractivity (Wildman–Crippen MR) is 118 cm³/mol. The summed E-state index contributed by atoms with van der Waals surface area (Å²) in [6, 6.07) is 0. The molecule has 2 bridgehead atoms. The number of allylic oxidation sites excluding steroid dienone is 1. The zero-order valence-corrected chi connectivity index (χ0v) is 20.2. The minimum Gasteiger partial charge on any atom is -0.410 e. The molecule has 3 aliphatic rings. The molecule has 0 saturated carbocycles. The van der Waals surface area contributed by atoms with E-state index in [-0.39, 0.29) is 22.8 Å². The van der Waals surface area contributed by atoms with Crippen LogP contribution in [0.4, 0.5) is 0 Å². The zero-order valence-electron chi connectivity index (χ0n) is 19.2. The summed E-state index contributed by atoms with van der Waals surface area (Å²) in [5, 5.41) is 12.0. The van der Waals surface area contributed by atoms with Crippen LogP contribution in [0.25, 0.3) is 0 Å². The molecule has 0 saturated heterocycles. The second-order valence-corrected chi connectivity index (χ2v) is 16.3. The number of aliphatic hydroxyl groups is 1. The van der Waals surface area contributed by atoms with E-state index in [1.807, 2.05) is 13.0 Å². The van der Waals surface area contributed by atoms with E-state index in [1.165, 1.54) is 24.0 Å². The summed E-state index contributed by atoms with van der Waals surface area (Å²) < 4.78 is 6.92. The first-order valence-electron chi connectivity index (χ1n) is 11.0. The van der Waals surface area contributed by atoms with E-state index in [0.29, 0.717) is 12.0 Å². The minimum atomic E-state index is -2.02. The van der Waals surface area contributed by atoms with Crippen molar-refractivity contribution >= 4 is 14.1 Å². The molecule has 0 aromatic heterocycles. The van der Waals surface area contributed by atoms with Crippen molar-refractivity contribution in [2.45, 2.75) is 110 Å². The highest BCUT2D eigenvalue weighted by Gasteiger charge is 2.59. The van der Waals surface area contributed by atoms with E-state index in [1.54, 1.807) is 0 Å². The van der Waals surface area contributed by atoms with Crippen molar-refractivity contribution in [2.24, 2.45) is 11.3 Å². The molecule has 28 heavy (non-hydrogen) atoms. The van der Waals surface area contributed by atoms with Crippen LogP contribution < -0.4 is 0 Å². The first kappa shape index (κ1) is 22.0. The molecule has 0 amide bonds. The van der Waals surface area contributed by atoms with E-state index in [4.69, 9.17) is 4.43 Å². The fraction of sp³-hybridized carbons (Fsp3) is 0.792. The maximum atomic E-state index is 13.4. The van der Waals surface area contributed by atoms with Crippen molar-refractivity contribution in [2.75, 3.05) is 0 Å². The second kappa shape index (κ2) is 6.92. The summed E-state index contributed by atoms with van der Waals surface area (Å²) >= 11 is 0. The van der Waals surface area contributed by atoms with Gasteiger partial charge in [-0.1, -0.05) is 51.8 Å². The molecule has 1 N–H and O–H groups in total. The Labute approximate surface area is 172 Å². The van der Waals surface area contributed by atoms with E-state index >= 15 is 0 Å². The van der Waals surface area contributed by atoms with Crippen LogP contribution in [0.1, 0.15) is 80.1 Å². The lowest BCUT2D eigenvalue weighted by atomic mass is 9.62. The van der Waals surface area contributed by atoms with Crippen LogP contribution in [0.3, 0.4) is 0 Å². The third-order valence-corrected chi connectivity index (χ3v) is 12.9. The van der Waals surface area contributed by atoms with Gasteiger partial charge in [-0.05, 0) is 68.7 Å². The SMILES string of the molecule is CC1=C[C@@H](O[Si](C)(C)C(C)(C)C)[C@H]2CC3=C(CCCC3)C[C@@](O)(C1=O)C2(C)C. The fourth-order valence-electron chi connectivity index (χ4n) is 5.15. The number of rotatable bonds is 2. The van der Waals surface area contributed by atoms with Crippen LogP contribution in [0, 0.1) is 11.3 Å². The summed E-state index contributed by atoms with van der Waals surface area (Å²) in [6.45, 7) is 17.4. The minimum absolute atomic E-state index is 0.0943. The maximum Gasteiger partial charge on any atom is 0.192 e. The van der Waals surface area contributed by atoms with Gasteiger partial charge in [-0.15, -0.1) is 0 Å². The first-order valence-corrected chi connectivity index (χ1v) is 13.9. The van der Waals surface area contributed by atoms with Crippen molar-refractivity contribution in [3.05, 3.63) is 22.8 Å². The smallest absolute Gasteiger partial charge is 0.192 e. The normalized spacial score (nSPS) is 33.8. The highest BCUT2D eigenvalue weighted by Crippen LogP contribution is 2.55. The predicted octanol–water partition coefficient (Wildman–Crippen LogP) is 5.94. The lowest BCUT2D eigenvalue weighted by Crippen LogP contribution is -2.56.